The summed E-state index contributed by atoms with van der Waals surface area (Å²) in [7, 11) is 0. The molecule has 0 saturated heterocycles. The van der Waals surface area contributed by atoms with E-state index in [4.69, 9.17) is 9.97 Å². The van der Waals surface area contributed by atoms with E-state index in [0.29, 0.717) is 32.1 Å². The number of nitrogens with one attached hydrogen (secondary N) is 2. The molecule has 12 heteroatoms. The molecule has 2 aromatic heterocycles. The van der Waals surface area contributed by atoms with Crippen LogP contribution in [-0.4, -0.2) is 54.5 Å². The highest BCUT2D eigenvalue weighted by Gasteiger charge is 2.18. The van der Waals surface area contributed by atoms with E-state index in [2.05, 4.69) is 10.6 Å². The molecule has 2 unspecified atom stereocenters. The molecule has 0 aliphatic heterocycles. The van der Waals surface area contributed by atoms with Crippen LogP contribution < -0.4 is 21.8 Å². The van der Waals surface area contributed by atoms with Crippen LogP contribution in [0, 0.1) is 0 Å². The van der Waals surface area contributed by atoms with Crippen molar-refractivity contribution in [1.82, 2.24) is 29.7 Å². The van der Waals surface area contributed by atoms with E-state index in [1.807, 2.05) is 39.8 Å². The second-order valence-corrected chi connectivity index (χ2v) is 12.0. The summed E-state index contributed by atoms with van der Waals surface area (Å²) < 4.78 is 3.02. The monoisotopic (exact) mass is 608 g/mol. The first-order valence-electron chi connectivity index (χ1n) is 14.0. The van der Waals surface area contributed by atoms with Crippen molar-refractivity contribution < 1.29 is 9.59 Å². The number of hydrogen-bond donors (Lipinski definition) is 2. The Labute approximate surface area is 252 Å². The van der Waals surface area contributed by atoms with Gasteiger partial charge < -0.3 is 10.6 Å². The van der Waals surface area contributed by atoms with Gasteiger partial charge in [0.2, 0.25) is 11.8 Å². The van der Waals surface area contributed by atoms with Gasteiger partial charge in [0.15, 0.2) is 10.3 Å². The number of para-hydroxylation sites is 2. The highest BCUT2D eigenvalue weighted by atomic mass is 32.2. The molecule has 2 amide bonds. The fourth-order valence-electron chi connectivity index (χ4n) is 4.21. The summed E-state index contributed by atoms with van der Waals surface area (Å²) >= 11 is 2.37. The van der Waals surface area contributed by atoms with E-state index < -0.39 is 0 Å². The van der Waals surface area contributed by atoms with Crippen molar-refractivity contribution in [1.29, 1.82) is 0 Å². The van der Waals surface area contributed by atoms with Crippen molar-refractivity contribution in [2.75, 3.05) is 11.5 Å². The molecule has 42 heavy (non-hydrogen) atoms. The molecule has 0 radical (unpaired) electrons. The lowest BCUT2D eigenvalue weighted by molar-refractivity contribution is -0.120. The van der Waals surface area contributed by atoms with Crippen molar-refractivity contribution in [2.45, 2.75) is 76.0 Å². The third-order valence-corrected chi connectivity index (χ3v) is 8.86. The van der Waals surface area contributed by atoms with Gasteiger partial charge in [-0.3, -0.25) is 28.3 Å². The average molecular weight is 609 g/mol. The minimum atomic E-state index is -0.255. The number of hydrogen-bond acceptors (Lipinski definition) is 8. The summed E-state index contributed by atoms with van der Waals surface area (Å²) in [6.07, 6.45) is 1.62. The van der Waals surface area contributed by atoms with Gasteiger partial charge in [0.1, 0.15) is 0 Å². The molecule has 2 atom stereocenters. The third kappa shape index (κ3) is 7.60. The zero-order chi connectivity index (χ0) is 30.2. The van der Waals surface area contributed by atoms with Crippen LogP contribution >= 0.6 is 23.5 Å². The molecule has 2 heterocycles. The summed E-state index contributed by atoms with van der Waals surface area (Å²) in [4.78, 5) is 61.7. The predicted molar refractivity (Wildman–Crippen MR) is 169 cm³/mol. The highest BCUT2D eigenvalue weighted by Crippen LogP contribution is 2.20. The van der Waals surface area contributed by atoms with Crippen LogP contribution in [0.1, 0.15) is 40.5 Å². The zero-order valence-electron chi connectivity index (χ0n) is 24.3. The van der Waals surface area contributed by atoms with Gasteiger partial charge in [0.05, 0.1) is 33.3 Å². The number of rotatable bonds is 13. The van der Waals surface area contributed by atoms with E-state index in [1.165, 1.54) is 32.7 Å². The topological polar surface area (TPSA) is 128 Å². The van der Waals surface area contributed by atoms with Gasteiger partial charge in [-0.15, -0.1) is 0 Å². The van der Waals surface area contributed by atoms with Crippen LogP contribution in [-0.2, 0) is 22.7 Å². The standard InChI is InChI=1S/C30H36N6O4S2/c1-5-19(3)31-25(37)17-41-29-33-23-13-9-7-11-21(23)27(39)35(29)15-16-36-28(40)22-12-8-10-14-24(22)34-30(36)42-18-26(38)32-20(4)6-2/h7-14,19-20H,5-6,15-18H2,1-4H3,(H,31,37)(H,32,38). The maximum atomic E-state index is 13.6. The second kappa shape index (κ2) is 14.5. The molecule has 4 rings (SSSR count). The van der Waals surface area contributed by atoms with Crippen LogP contribution in [0.15, 0.2) is 68.4 Å². The predicted octanol–water partition coefficient (Wildman–Crippen LogP) is 3.82. The number of nitrogens with zero attached hydrogens (tertiary/aromatic N) is 4. The lowest BCUT2D eigenvalue weighted by atomic mass is 10.2. The Hall–Kier alpha value is -3.64. The second-order valence-electron chi connectivity index (χ2n) is 10.1. The average Bonchev–Trinajstić information content (AvgIpc) is 2.99. The molecule has 222 valence electrons. The largest absolute Gasteiger partial charge is 0.353 e. The van der Waals surface area contributed by atoms with Crippen LogP contribution in [0.5, 0.6) is 0 Å². The minimum absolute atomic E-state index is 0.0420. The molecule has 4 aromatic rings. The minimum Gasteiger partial charge on any atom is -0.353 e. The number of benzene rings is 2. The lowest BCUT2D eigenvalue weighted by Crippen LogP contribution is -2.34. The lowest BCUT2D eigenvalue weighted by Gasteiger charge is -2.17. The molecule has 0 spiro atoms. The quantitative estimate of drug-likeness (QED) is 0.173. The van der Waals surface area contributed by atoms with Gasteiger partial charge in [0, 0.05) is 25.2 Å². The Morgan fingerprint density at radius 1 is 0.714 bits per heavy atom. The highest BCUT2D eigenvalue weighted by molar-refractivity contribution is 8.00. The Morgan fingerprint density at radius 2 is 1.10 bits per heavy atom. The van der Waals surface area contributed by atoms with E-state index in [0.717, 1.165) is 12.8 Å². The number of amides is 2. The van der Waals surface area contributed by atoms with E-state index in [-0.39, 0.29) is 59.6 Å². The number of thioether (sulfide) groups is 2. The summed E-state index contributed by atoms with van der Waals surface area (Å²) in [5, 5.41) is 7.55. The van der Waals surface area contributed by atoms with Gasteiger partial charge in [-0.2, -0.15) is 0 Å². The fraction of sp³-hybridized carbons (Fsp3) is 0.400. The summed E-state index contributed by atoms with van der Waals surface area (Å²) in [6, 6.07) is 14.2. The van der Waals surface area contributed by atoms with Gasteiger partial charge in [-0.25, -0.2) is 9.97 Å². The molecular weight excluding hydrogens is 573 g/mol. The summed E-state index contributed by atoms with van der Waals surface area (Å²) in [6.45, 7) is 8.11. The van der Waals surface area contributed by atoms with Crippen molar-refractivity contribution in [3.8, 4) is 0 Å². The van der Waals surface area contributed by atoms with Crippen molar-refractivity contribution in [3.63, 3.8) is 0 Å². The number of carbonyl (C=O) groups is 2. The molecule has 2 N–H and O–H groups in total. The zero-order valence-corrected chi connectivity index (χ0v) is 25.9. The Morgan fingerprint density at radius 3 is 1.48 bits per heavy atom. The number of carbonyl (C=O) groups excluding carboxylic acids is 2. The molecule has 0 bridgehead atoms. The first kappa shape index (κ1) is 31.3. The first-order chi connectivity index (χ1) is 20.2. The maximum Gasteiger partial charge on any atom is 0.262 e. The fourth-order valence-corrected chi connectivity index (χ4v) is 5.88. The molecule has 10 nitrogen and oxygen atoms in total. The van der Waals surface area contributed by atoms with Crippen molar-refractivity contribution in [3.05, 3.63) is 69.2 Å². The van der Waals surface area contributed by atoms with Gasteiger partial charge in [-0.1, -0.05) is 61.6 Å². The molecule has 0 fully saturated rings. The smallest absolute Gasteiger partial charge is 0.262 e. The van der Waals surface area contributed by atoms with Gasteiger partial charge in [-0.05, 0) is 51.0 Å². The molecular formula is C30H36N6O4S2. The summed E-state index contributed by atoms with van der Waals surface area (Å²) in [5.41, 5.74) is 0.567. The first-order valence-corrected chi connectivity index (χ1v) is 16.0. The number of fused-ring (bicyclic) bond motifs is 2. The van der Waals surface area contributed by atoms with Gasteiger partial charge in [0.25, 0.3) is 11.1 Å². The normalized spacial score (nSPS) is 12.8. The molecule has 2 aromatic carbocycles. The SMILES string of the molecule is CCC(C)NC(=O)CSc1nc2ccccc2c(=O)n1CCn1c(SCC(=O)NC(C)CC)nc2ccccc2c1=O. The third-order valence-electron chi connectivity index (χ3n) is 6.90. The molecule has 0 aliphatic rings. The van der Waals surface area contributed by atoms with E-state index >= 15 is 0 Å². The van der Waals surface area contributed by atoms with Gasteiger partial charge >= 0.3 is 0 Å². The van der Waals surface area contributed by atoms with Crippen molar-refractivity contribution >= 4 is 57.1 Å². The molecule has 0 aliphatic carbocycles. The van der Waals surface area contributed by atoms with Crippen molar-refractivity contribution in [2.24, 2.45) is 0 Å². The molecule has 0 saturated carbocycles. The van der Waals surface area contributed by atoms with E-state index in [9.17, 15) is 19.2 Å². The van der Waals surface area contributed by atoms with Crippen LogP contribution in [0.2, 0.25) is 0 Å². The Kier molecular flexibility index (Phi) is 10.8. The van der Waals surface area contributed by atoms with Crippen LogP contribution in [0.4, 0.5) is 0 Å². The maximum absolute atomic E-state index is 13.6. The van der Waals surface area contributed by atoms with E-state index in [1.54, 1.807) is 36.4 Å². The van der Waals surface area contributed by atoms with Crippen LogP contribution in [0.3, 0.4) is 0 Å². The summed E-state index contributed by atoms with van der Waals surface area (Å²) in [5.74, 6) is -0.0990. The Balaban J connectivity index is 1.67. The Bertz CT molecular complexity index is 1580. The number of aromatic nitrogens is 4. The van der Waals surface area contributed by atoms with Crippen LogP contribution in [0.25, 0.3) is 21.8 Å².